The van der Waals surface area contributed by atoms with Gasteiger partial charge in [0.1, 0.15) is 0 Å². The number of rotatable bonds is 17. The number of nitrogens with zero attached hydrogens (tertiary/aromatic N) is 3. The van der Waals surface area contributed by atoms with E-state index < -0.39 is 72.6 Å². The maximum Gasteiger partial charge on any atom is 0.317 e. The lowest BCUT2D eigenvalue weighted by atomic mass is 10.3. The van der Waals surface area contributed by atoms with Gasteiger partial charge in [0.2, 0.25) is 0 Å². The fourth-order valence-corrected chi connectivity index (χ4v) is 2.92. The van der Waals surface area contributed by atoms with Gasteiger partial charge in [0.25, 0.3) is 3.91 Å². The molecule has 0 radical (unpaired) electrons. The Balaban J connectivity index is 5.55. The summed E-state index contributed by atoms with van der Waals surface area (Å²) < 4.78 is -0.656. The molecule has 1 atom stereocenters. The van der Waals surface area contributed by atoms with Gasteiger partial charge in [0, 0.05) is 42.2 Å². The van der Waals surface area contributed by atoms with Gasteiger partial charge in [0.05, 0.1) is 38.9 Å². The van der Waals surface area contributed by atoms with Crippen molar-refractivity contribution in [3.05, 3.63) is 0 Å². The number of halogens is 1. The predicted octanol–water partition coefficient (Wildman–Crippen LogP) is -2.21. The monoisotopic (exact) mass is 562 g/mol. The van der Waals surface area contributed by atoms with Gasteiger partial charge in [-0.25, -0.2) is 0 Å². The van der Waals surface area contributed by atoms with E-state index in [0.717, 1.165) is 9.80 Å². The lowest BCUT2D eigenvalue weighted by Crippen LogP contribution is -2.56. The zero-order valence-electron chi connectivity index (χ0n) is 16.1. The molecule has 6 N–H and O–H groups in total. The Kier molecular flexibility index (Phi) is 13.2. The number of carboxylic acid groups (broad SMARTS) is 5. The number of carboxylic acids is 5. The van der Waals surface area contributed by atoms with Crippen LogP contribution < -0.4 is 5.32 Å². The van der Waals surface area contributed by atoms with E-state index in [1.807, 2.05) is 0 Å². The van der Waals surface area contributed by atoms with E-state index in [4.69, 9.17) is 25.5 Å². The summed E-state index contributed by atoms with van der Waals surface area (Å²) in [5.41, 5.74) is 0. The van der Waals surface area contributed by atoms with Crippen LogP contribution >= 0.6 is 22.6 Å². The van der Waals surface area contributed by atoms with Gasteiger partial charge in [0.15, 0.2) is 0 Å². The number of hydrogen-bond acceptors (Lipinski definition) is 9. The van der Waals surface area contributed by atoms with Crippen LogP contribution in [-0.4, -0.2) is 133 Å². The van der Waals surface area contributed by atoms with Crippen molar-refractivity contribution in [1.82, 2.24) is 20.0 Å². The van der Waals surface area contributed by atoms with Crippen LogP contribution in [0.1, 0.15) is 0 Å². The van der Waals surface area contributed by atoms with Crippen molar-refractivity contribution in [2.45, 2.75) is 6.17 Å². The predicted molar refractivity (Wildman–Crippen MR) is 109 cm³/mol. The molecule has 0 spiro atoms. The highest BCUT2D eigenvalue weighted by atomic mass is 127. The van der Waals surface area contributed by atoms with E-state index >= 15 is 0 Å². The highest BCUT2D eigenvalue weighted by Gasteiger charge is 2.27. The number of aliphatic carboxylic acids is 5. The van der Waals surface area contributed by atoms with E-state index in [1.165, 1.54) is 27.5 Å². The van der Waals surface area contributed by atoms with E-state index in [-0.39, 0.29) is 19.6 Å². The zero-order valence-corrected chi connectivity index (χ0v) is 18.3. The second-order valence-electron chi connectivity index (χ2n) is 6.25. The molecule has 0 rings (SSSR count). The second-order valence-corrected chi connectivity index (χ2v) is 7.23. The third-order valence-corrected chi connectivity index (χ3v) is 3.95. The van der Waals surface area contributed by atoms with Crippen LogP contribution in [0, 0.1) is 0 Å². The first-order chi connectivity index (χ1) is 14.3. The van der Waals surface area contributed by atoms with E-state index in [1.54, 1.807) is 0 Å². The summed E-state index contributed by atoms with van der Waals surface area (Å²) in [6, 6.07) is 0. The van der Waals surface area contributed by atoms with E-state index in [0.29, 0.717) is 0 Å². The second kappa shape index (κ2) is 14.4. The first-order valence-corrected chi connectivity index (χ1v) is 9.61. The van der Waals surface area contributed by atoms with Gasteiger partial charge in [-0.05, 0) is 0 Å². The van der Waals surface area contributed by atoms with Gasteiger partial charge in [-0.15, -0.1) is 0 Å². The van der Waals surface area contributed by atoms with E-state index in [9.17, 15) is 28.8 Å². The Bertz CT molecular complexity index is 658. The molecule has 176 valence electrons. The summed E-state index contributed by atoms with van der Waals surface area (Å²) in [5.74, 6) is -6.66. The number of amides is 1. The van der Waals surface area contributed by atoms with Crippen molar-refractivity contribution >= 4 is 56.4 Å². The first kappa shape index (κ1) is 28.4. The molecular formula is C15H23IN4O11. The number of carbonyl (C=O) groups excluding carboxylic acids is 1. The molecule has 0 aliphatic carbocycles. The van der Waals surface area contributed by atoms with Crippen LogP contribution in [0.25, 0.3) is 0 Å². The average molecular weight is 562 g/mol. The SMILES string of the molecule is O=C(O)CN(CCN(CC(=O)O)CC(NC(=O)I)N(CC(=O)O)CC(=O)O)CC(=O)O. The zero-order chi connectivity index (χ0) is 24.1. The number of carbonyl (C=O) groups is 6. The van der Waals surface area contributed by atoms with Crippen LogP contribution in [0.4, 0.5) is 4.79 Å². The minimum atomic E-state index is -1.38. The Labute approximate surface area is 189 Å². The summed E-state index contributed by atoms with van der Waals surface area (Å²) in [6.45, 7) is -4.04. The van der Waals surface area contributed by atoms with Crippen LogP contribution in [-0.2, 0) is 24.0 Å². The molecule has 0 fully saturated rings. The highest BCUT2D eigenvalue weighted by Crippen LogP contribution is 2.04. The van der Waals surface area contributed by atoms with Crippen molar-refractivity contribution in [3.8, 4) is 0 Å². The van der Waals surface area contributed by atoms with Crippen molar-refractivity contribution in [3.63, 3.8) is 0 Å². The molecule has 0 saturated carbocycles. The Morgan fingerprint density at radius 1 is 0.645 bits per heavy atom. The van der Waals surface area contributed by atoms with Crippen LogP contribution in [0.5, 0.6) is 0 Å². The molecule has 16 heteroatoms. The van der Waals surface area contributed by atoms with Gasteiger partial charge in [-0.1, -0.05) is 0 Å². The molecule has 0 aromatic carbocycles. The Morgan fingerprint density at radius 3 is 1.35 bits per heavy atom. The normalized spacial score (nSPS) is 12.0. The summed E-state index contributed by atoms with van der Waals surface area (Å²) in [7, 11) is 0. The minimum absolute atomic E-state index is 0.158. The molecule has 0 aromatic heterocycles. The van der Waals surface area contributed by atoms with Crippen molar-refractivity contribution in [2.75, 3.05) is 52.4 Å². The van der Waals surface area contributed by atoms with E-state index in [2.05, 4.69) is 5.32 Å². The summed E-state index contributed by atoms with van der Waals surface area (Å²) in [5, 5.41) is 47.3. The summed E-state index contributed by atoms with van der Waals surface area (Å²) in [6.07, 6.45) is -1.21. The molecule has 0 bridgehead atoms. The van der Waals surface area contributed by atoms with Gasteiger partial charge in [-0.2, -0.15) is 0 Å². The van der Waals surface area contributed by atoms with Gasteiger partial charge < -0.3 is 30.8 Å². The Morgan fingerprint density at radius 2 is 1.00 bits per heavy atom. The maximum absolute atomic E-state index is 11.5. The fraction of sp³-hybridized carbons (Fsp3) is 0.600. The highest BCUT2D eigenvalue weighted by molar-refractivity contribution is 14.1. The third kappa shape index (κ3) is 15.0. The quantitative estimate of drug-likeness (QED) is 0.0478. The first-order valence-electron chi connectivity index (χ1n) is 8.53. The topological polar surface area (TPSA) is 225 Å². The lowest BCUT2D eigenvalue weighted by Gasteiger charge is -2.34. The van der Waals surface area contributed by atoms with Crippen LogP contribution in [0.15, 0.2) is 0 Å². The summed E-state index contributed by atoms with van der Waals surface area (Å²) in [4.78, 5) is 69.9. The van der Waals surface area contributed by atoms with Crippen molar-refractivity contribution in [1.29, 1.82) is 0 Å². The van der Waals surface area contributed by atoms with Gasteiger partial charge >= 0.3 is 29.8 Å². The summed E-state index contributed by atoms with van der Waals surface area (Å²) >= 11 is 1.34. The van der Waals surface area contributed by atoms with Crippen molar-refractivity contribution < 1.29 is 54.3 Å². The molecule has 0 aliphatic rings. The van der Waals surface area contributed by atoms with Crippen molar-refractivity contribution in [2.24, 2.45) is 0 Å². The smallest absolute Gasteiger partial charge is 0.317 e. The third-order valence-electron chi connectivity index (χ3n) is 3.64. The molecular weight excluding hydrogens is 539 g/mol. The molecule has 1 unspecified atom stereocenters. The molecule has 0 aromatic rings. The molecule has 0 saturated heterocycles. The van der Waals surface area contributed by atoms with Crippen LogP contribution in [0.3, 0.4) is 0 Å². The molecule has 0 aliphatic heterocycles. The molecule has 31 heavy (non-hydrogen) atoms. The Hall–Kier alpha value is -2.57. The lowest BCUT2D eigenvalue weighted by molar-refractivity contribution is -0.144. The minimum Gasteiger partial charge on any atom is -0.480 e. The maximum atomic E-state index is 11.5. The number of nitrogens with one attached hydrogen (secondary N) is 1. The molecule has 15 nitrogen and oxygen atoms in total. The number of hydrogen-bond donors (Lipinski definition) is 6. The average Bonchev–Trinajstić information content (AvgIpc) is 2.55. The standard InChI is InChI=1S/C15H23IN4O11/c16-15(31)17-9(20(7-13(27)28)8-14(29)30)3-18(4-10(21)22)1-2-19(5-11(23)24)6-12(25)26/h9H,1-8H2,(H,17,31)(H,21,22)(H,23,24)(H,25,26)(H,27,28)(H,29,30). The van der Waals surface area contributed by atoms with Crippen LogP contribution in [0.2, 0.25) is 0 Å². The molecule has 0 heterocycles. The molecule has 1 amide bonds. The van der Waals surface area contributed by atoms with Gasteiger partial charge in [-0.3, -0.25) is 43.5 Å². The fourth-order valence-electron chi connectivity index (χ4n) is 2.56. The largest absolute Gasteiger partial charge is 0.480 e.